The largest absolute Gasteiger partial charge is 0.298 e. The van der Waals surface area contributed by atoms with Gasteiger partial charge in [-0.05, 0) is 34.1 Å². The van der Waals surface area contributed by atoms with Gasteiger partial charge in [0, 0.05) is 36.4 Å². The maximum absolute atomic E-state index is 8.52. The molecule has 0 aliphatic heterocycles. The van der Waals surface area contributed by atoms with Gasteiger partial charge in [0.15, 0.2) is 0 Å². The molecule has 15 heavy (non-hydrogen) atoms. The third-order valence-corrected chi connectivity index (χ3v) is 2.59. The fourth-order valence-corrected chi connectivity index (χ4v) is 1.77. The van der Waals surface area contributed by atoms with Crippen LogP contribution in [-0.2, 0) is 6.54 Å². The van der Waals surface area contributed by atoms with Crippen LogP contribution in [0.15, 0.2) is 22.9 Å². The van der Waals surface area contributed by atoms with Crippen LogP contribution >= 0.6 is 15.9 Å². The zero-order chi connectivity index (χ0) is 11.1. The summed E-state index contributed by atoms with van der Waals surface area (Å²) in [5.41, 5.74) is 1.17. The van der Waals surface area contributed by atoms with Gasteiger partial charge < -0.3 is 0 Å². The summed E-state index contributed by atoms with van der Waals surface area (Å²) in [6, 6.07) is 4.22. The van der Waals surface area contributed by atoms with Crippen molar-refractivity contribution in [3.05, 3.63) is 28.5 Å². The minimum Gasteiger partial charge on any atom is -0.298 e. The van der Waals surface area contributed by atoms with Crippen LogP contribution in [0.2, 0.25) is 0 Å². The molecule has 1 heterocycles. The Morgan fingerprint density at radius 2 is 2.33 bits per heavy atom. The van der Waals surface area contributed by atoms with E-state index in [0.717, 1.165) is 24.1 Å². The first-order chi connectivity index (χ1) is 7.26. The van der Waals surface area contributed by atoms with E-state index in [4.69, 9.17) is 5.26 Å². The Labute approximate surface area is 98.9 Å². The molecule has 0 bridgehead atoms. The lowest BCUT2D eigenvalue weighted by molar-refractivity contribution is 0.286. The monoisotopic (exact) mass is 267 g/mol. The number of hydrogen-bond acceptors (Lipinski definition) is 3. The lowest BCUT2D eigenvalue weighted by atomic mass is 10.2. The number of pyridine rings is 1. The molecule has 1 rings (SSSR count). The quantitative estimate of drug-likeness (QED) is 0.824. The van der Waals surface area contributed by atoms with Crippen LogP contribution in [0.3, 0.4) is 0 Å². The molecule has 1 aromatic heterocycles. The number of nitrogens with zero attached hydrogens (tertiary/aromatic N) is 3. The smallest absolute Gasteiger partial charge is 0.0635 e. The van der Waals surface area contributed by atoms with Crippen molar-refractivity contribution < 1.29 is 0 Å². The summed E-state index contributed by atoms with van der Waals surface area (Å²) < 4.78 is 0.997. The summed E-state index contributed by atoms with van der Waals surface area (Å²) in [6.07, 6.45) is 4.21. The molecule has 0 radical (unpaired) electrons. The standard InChI is InChI=1S/C11H14BrN3/c1-2-15(5-3-4-13)9-10-6-11(12)8-14-7-10/h6-8H,2-3,5,9H2,1H3. The van der Waals surface area contributed by atoms with Crippen LogP contribution in [0.25, 0.3) is 0 Å². The average molecular weight is 268 g/mol. The number of aromatic nitrogens is 1. The van der Waals surface area contributed by atoms with Crippen LogP contribution in [-0.4, -0.2) is 23.0 Å². The van der Waals surface area contributed by atoms with E-state index in [2.05, 4.69) is 44.9 Å². The maximum atomic E-state index is 8.52. The molecule has 0 amide bonds. The zero-order valence-electron chi connectivity index (χ0n) is 8.78. The van der Waals surface area contributed by atoms with Crippen molar-refractivity contribution in [3.8, 4) is 6.07 Å². The van der Waals surface area contributed by atoms with Gasteiger partial charge in [-0.1, -0.05) is 6.92 Å². The van der Waals surface area contributed by atoms with Crippen molar-refractivity contribution in [2.45, 2.75) is 19.9 Å². The molecule has 0 N–H and O–H groups in total. The minimum absolute atomic E-state index is 0.579. The van der Waals surface area contributed by atoms with Crippen LogP contribution in [0.5, 0.6) is 0 Å². The molecule has 0 fully saturated rings. The summed E-state index contributed by atoms with van der Waals surface area (Å²) in [7, 11) is 0. The highest BCUT2D eigenvalue weighted by atomic mass is 79.9. The van der Waals surface area contributed by atoms with Crippen molar-refractivity contribution in [1.29, 1.82) is 5.26 Å². The molecule has 0 unspecified atom stereocenters. The second-order valence-corrected chi connectivity index (χ2v) is 4.20. The molecule has 0 spiro atoms. The molecule has 4 heteroatoms. The molecule has 0 aromatic carbocycles. The lowest BCUT2D eigenvalue weighted by Gasteiger charge is -2.18. The first kappa shape index (κ1) is 12.2. The predicted molar refractivity (Wildman–Crippen MR) is 63.1 cm³/mol. The van der Waals surface area contributed by atoms with Gasteiger partial charge in [-0.15, -0.1) is 0 Å². The SMILES string of the molecule is CCN(CCC#N)Cc1cncc(Br)c1. The topological polar surface area (TPSA) is 39.9 Å². The molecule has 0 aliphatic carbocycles. The Morgan fingerprint density at radius 1 is 1.53 bits per heavy atom. The Bertz CT molecular complexity index is 346. The van der Waals surface area contributed by atoms with Crippen molar-refractivity contribution in [2.24, 2.45) is 0 Å². The summed E-state index contributed by atoms with van der Waals surface area (Å²) in [6.45, 7) is 4.72. The third-order valence-electron chi connectivity index (χ3n) is 2.15. The Morgan fingerprint density at radius 3 is 2.93 bits per heavy atom. The minimum atomic E-state index is 0.579. The van der Waals surface area contributed by atoms with E-state index in [0.29, 0.717) is 6.42 Å². The van der Waals surface area contributed by atoms with Crippen molar-refractivity contribution in [2.75, 3.05) is 13.1 Å². The van der Waals surface area contributed by atoms with Crippen molar-refractivity contribution in [3.63, 3.8) is 0 Å². The van der Waals surface area contributed by atoms with Crippen molar-refractivity contribution >= 4 is 15.9 Å². The van der Waals surface area contributed by atoms with Gasteiger partial charge in [0.1, 0.15) is 0 Å². The lowest BCUT2D eigenvalue weighted by Crippen LogP contribution is -2.23. The second kappa shape index (κ2) is 6.54. The van der Waals surface area contributed by atoms with Crippen LogP contribution in [0, 0.1) is 11.3 Å². The molecule has 0 aliphatic rings. The molecule has 3 nitrogen and oxygen atoms in total. The molecule has 1 aromatic rings. The molecule has 0 saturated carbocycles. The van der Waals surface area contributed by atoms with Gasteiger partial charge in [-0.25, -0.2) is 0 Å². The van der Waals surface area contributed by atoms with Gasteiger partial charge in [0.05, 0.1) is 6.07 Å². The highest BCUT2D eigenvalue weighted by molar-refractivity contribution is 9.10. The predicted octanol–water partition coefficient (Wildman–Crippen LogP) is 2.58. The number of halogens is 1. The van der Waals surface area contributed by atoms with Crippen molar-refractivity contribution in [1.82, 2.24) is 9.88 Å². The van der Waals surface area contributed by atoms with E-state index < -0.39 is 0 Å². The average Bonchev–Trinajstić information content (AvgIpc) is 2.24. The van der Waals surface area contributed by atoms with E-state index in [9.17, 15) is 0 Å². The van der Waals surface area contributed by atoms with Gasteiger partial charge >= 0.3 is 0 Å². The van der Waals surface area contributed by atoms with E-state index in [-0.39, 0.29) is 0 Å². The first-order valence-corrected chi connectivity index (χ1v) is 5.74. The number of hydrogen-bond donors (Lipinski definition) is 0. The van der Waals surface area contributed by atoms with E-state index >= 15 is 0 Å². The molecule has 0 saturated heterocycles. The highest BCUT2D eigenvalue weighted by Crippen LogP contribution is 2.11. The fourth-order valence-electron chi connectivity index (χ4n) is 1.36. The first-order valence-electron chi connectivity index (χ1n) is 4.95. The summed E-state index contributed by atoms with van der Waals surface area (Å²) in [5, 5.41) is 8.52. The van der Waals surface area contributed by atoms with E-state index in [1.807, 2.05) is 6.20 Å². The zero-order valence-corrected chi connectivity index (χ0v) is 10.4. The number of rotatable bonds is 5. The Kier molecular flexibility index (Phi) is 5.30. The van der Waals surface area contributed by atoms with Crippen LogP contribution < -0.4 is 0 Å². The Hall–Kier alpha value is -0.920. The van der Waals surface area contributed by atoms with Gasteiger partial charge in [0.2, 0.25) is 0 Å². The fraction of sp³-hybridized carbons (Fsp3) is 0.455. The molecular formula is C11H14BrN3. The van der Waals surface area contributed by atoms with E-state index in [1.165, 1.54) is 5.56 Å². The maximum Gasteiger partial charge on any atom is 0.0635 e. The van der Waals surface area contributed by atoms with Gasteiger partial charge in [-0.3, -0.25) is 9.88 Å². The van der Waals surface area contributed by atoms with Crippen LogP contribution in [0.4, 0.5) is 0 Å². The van der Waals surface area contributed by atoms with Crippen LogP contribution in [0.1, 0.15) is 18.9 Å². The summed E-state index contributed by atoms with van der Waals surface area (Å²) in [5.74, 6) is 0. The summed E-state index contributed by atoms with van der Waals surface area (Å²) in [4.78, 5) is 6.34. The molecular weight excluding hydrogens is 254 g/mol. The molecule has 80 valence electrons. The normalized spacial score (nSPS) is 10.3. The Balaban J connectivity index is 2.55. The van der Waals surface area contributed by atoms with E-state index in [1.54, 1.807) is 6.20 Å². The molecule has 0 atom stereocenters. The highest BCUT2D eigenvalue weighted by Gasteiger charge is 2.03. The van der Waals surface area contributed by atoms with Gasteiger partial charge in [0.25, 0.3) is 0 Å². The number of nitriles is 1. The second-order valence-electron chi connectivity index (χ2n) is 3.29. The third kappa shape index (κ3) is 4.41. The van der Waals surface area contributed by atoms with Gasteiger partial charge in [-0.2, -0.15) is 5.26 Å². The summed E-state index contributed by atoms with van der Waals surface area (Å²) >= 11 is 3.39.